The van der Waals surface area contributed by atoms with Crippen LogP contribution in [0.4, 0.5) is 10.5 Å². The molecule has 0 unspecified atom stereocenters. The Morgan fingerprint density at radius 2 is 1.22 bits per heavy atom. The first-order valence-electron chi connectivity index (χ1n) is 17.8. The Labute approximate surface area is 321 Å². The number of benzene rings is 7. The third-order valence-corrected chi connectivity index (χ3v) is 10.2. The maximum Gasteiger partial charge on any atom is 0.332 e. The number of aryl methyl sites for hydroxylation is 2. The Hall–Kier alpha value is -6.14. The van der Waals surface area contributed by atoms with Crippen molar-refractivity contribution >= 4 is 100 Å². The van der Waals surface area contributed by atoms with Crippen LogP contribution in [0.2, 0.25) is 0 Å². The van der Waals surface area contributed by atoms with E-state index in [1.165, 1.54) is 5.56 Å². The van der Waals surface area contributed by atoms with Gasteiger partial charge in [-0.2, -0.15) is 0 Å². The highest BCUT2D eigenvalue weighted by atomic mass is 35.5. The Morgan fingerprint density at radius 1 is 0.630 bits per heavy atom. The average molecular weight is 742 g/mol. The largest absolute Gasteiger partial charge is 0.354 e. The number of nitrogens with zero attached hydrogens (tertiary/aromatic N) is 2. The number of fused-ring (bicyclic) bond motifs is 8. The predicted octanol–water partition coefficient (Wildman–Crippen LogP) is 13.6. The normalized spacial score (nSPS) is 11.5. The van der Waals surface area contributed by atoms with E-state index in [0.29, 0.717) is 5.65 Å². The summed E-state index contributed by atoms with van der Waals surface area (Å²) < 4.78 is 1.75. The van der Waals surface area contributed by atoms with Gasteiger partial charge in [0.05, 0.1) is 21.9 Å². The van der Waals surface area contributed by atoms with Crippen molar-refractivity contribution in [1.29, 1.82) is 0 Å². The standard InChI is InChI=1S/C46H32N4O.CH2Cl2/c1-27-20-23-30(24-21-27)47-46(51)50-38-19-11-9-17-34(38)43-41(35-26-28(2)22-25-37(35)49-45(43)50)40-32-15-7-6-14-31(32)39(29-12-4-3-5-13-29)44-42(40)33-16-8-10-18-36(33)48-44;2-1-3/h3-26,48H,1-2H3,(H,47,51);1H2. The fourth-order valence-electron chi connectivity index (χ4n) is 8.00. The van der Waals surface area contributed by atoms with Crippen molar-refractivity contribution in [1.82, 2.24) is 14.5 Å². The zero-order chi connectivity index (χ0) is 36.9. The topological polar surface area (TPSA) is 62.7 Å². The molecule has 7 aromatic carbocycles. The van der Waals surface area contributed by atoms with Crippen molar-refractivity contribution in [2.24, 2.45) is 0 Å². The van der Waals surface area contributed by atoms with Gasteiger partial charge in [0.15, 0.2) is 5.65 Å². The summed E-state index contributed by atoms with van der Waals surface area (Å²) in [4.78, 5) is 23.5. The first-order chi connectivity index (χ1) is 26.5. The third kappa shape index (κ3) is 5.47. The van der Waals surface area contributed by atoms with Gasteiger partial charge in [0.2, 0.25) is 0 Å². The van der Waals surface area contributed by atoms with E-state index in [4.69, 9.17) is 28.2 Å². The van der Waals surface area contributed by atoms with Crippen molar-refractivity contribution in [3.05, 3.63) is 157 Å². The van der Waals surface area contributed by atoms with Gasteiger partial charge in [-0.15, -0.1) is 23.2 Å². The minimum Gasteiger partial charge on any atom is -0.354 e. The van der Waals surface area contributed by atoms with Crippen LogP contribution in [-0.2, 0) is 0 Å². The number of amides is 1. The van der Waals surface area contributed by atoms with Crippen molar-refractivity contribution in [3.8, 4) is 22.3 Å². The van der Waals surface area contributed by atoms with Crippen LogP contribution >= 0.6 is 23.2 Å². The SMILES string of the molecule is Cc1ccc(NC(=O)n2c3ccccc3c3c(-c4c5ccccc5c(-c5ccccc5)c5[nH]c6ccccc6c45)c4cc(C)ccc4nc32)cc1.ClCCl. The van der Waals surface area contributed by atoms with Gasteiger partial charge in [-0.05, 0) is 66.6 Å². The predicted molar refractivity (Wildman–Crippen MR) is 229 cm³/mol. The van der Waals surface area contributed by atoms with E-state index in [9.17, 15) is 4.79 Å². The summed E-state index contributed by atoms with van der Waals surface area (Å²) in [5.41, 5.74) is 12.0. The van der Waals surface area contributed by atoms with Gasteiger partial charge in [-0.1, -0.05) is 120 Å². The molecule has 10 aromatic rings. The first-order valence-corrected chi connectivity index (χ1v) is 18.9. The van der Waals surface area contributed by atoms with Crippen LogP contribution in [0.25, 0.3) is 87.7 Å². The van der Waals surface area contributed by atoms with Crippen LogP contribution in [0.3, 0.4) is 0 Å². The van der Waals surface area contributed by atoms with E-state index in [0.717, 1.165) is 93.3 Å². The highest BCUT2D eigenvalue weighted by molar-refractivity contribution is 6.40. The molecule has 0 atom stereocenters. The van der Waals surface area contributed by atoms with Gasteiger partial charge in [0, 0.05) is 54.8 Å². The molecule has 0 fully saturated rings. The zero-order valence-corrected chi connectivity index (χ0v) is 31.1. The summed E-state index contributed by atoms with van der Waals surface area (Å²) in [7, 11) is 0. The molecule has 0 saturated heterocycles. The molecule has 10 rings (SSSR count). The monoisotopic (exact) mass is 740 g/mol. The smallest absolute Gasteiger partial charge is 0.332 e. The molecule has 2 N–H and O–H groups in total. The molecule has 0 saturated carbocycles. The summed E-state index contributed by atoms with van der Waals surface area (Å²) in [6, 6.07) is 50.2. The van der Waals surface area contributed by atoms with Crippen LogP contribution in [0, 0.1) is 13.8 Å². The average Bonchev–Trinajstić information content (AvgIpc) is 3.74. The maximum absolute atomic E-state index is 14.4. The number of carbonyl (C=O) groups is 1. The Kier molecular flexibility index (Phi) is 8.54. The molecular weight excluding hydrogens is 707 g/mol. The van der Waals surface area contributed by atoms with Gasteiger partial charge >= 0.3 is 6.03 Å². The summed E-state index contributed by atoms with van der Waals surface area (Å²) >= 11 is 9.53. The lowest BCUT2D eigenvalue weighted by atomic mass is 9.85. The molecule has 262 valence electrons. The number of hydrogen-bond acceptors (Lipinski definition) is 2. The summed E-state index contributed by atoms with van der Waals surface area (Å²) in [5.74, 6) is 0. The molecule has 0 bridgehead atoms. The first kappa shape index (κ1) is 33.7. The minimum atomic E-state index is -0.253. The Bertz CT molecular complexity index is 3060. The number of aromatic amines is 1. The van der Waals surface area contributed by atoms with Gasteiger partial charge in [0.25, 0.3) is 0 Å². The molecule has 7 heteroatoms. The number of halogens is 2. The molecule has 54 heavy (non-hydrogen) atoms. The Balaban J connectivity index is 0.00000124. The molecule has 3 aromatic heterocycles. The number of hydrogen-bond donors (Lipinski definition) is 2. The Morgan fingerprint density at radius 3 is 1.96 bits per heavy atom. The molecular formula is C47H34Cl2N4O. The number of rotatable bonds is 3. The molecule has 0 radical (unpaired) electrons. The molecule has 0 aliphatic rings. The van der Waals surface area contributed by atoms with E-state index >= 15 is 0 Å². The molecule has 3 heterocycles. The highest BCUT2D eigenvalue weighted by Gasteiger charge is 2.27. The van der Waals surface area contributed by atoms with Crippen molar-refractivity contribution in [3.63, 3.8) is 0 Å². The second-order valence-corrected chi connectivity index (χ2v) is 14.3. The lowest BCUT2D eigenvalue weighted by Gasteiger charge is -2.18. The fourth-order valence-corrected chi connectivity index (χ4v) is 8.00. The maximum atomic E-state index is 14.4. The molecule has 0 aliphatic heterocycles. The lowest BCUT2D eigenvalue weighted by molar-refractivity contribution is 0.255. The molecule has 1 amide bonds. The highest BCUT2D eigenvalue weighted by Crippen LogP contribution is 2.50. The molecule has 5 nitrogen and oxygen atoms in total. The van der Waals surface area contributed by atoms with Gasteiger partial charge in [-0.25, -0.2) is 14.3 Å². The van der Waals surface area contributed by atoms with Crippen LogP contribution < -0.4 is 5.32 Å². The van der Waals surface area contributed by atoms with Crippen molar-refractivity contribution < 1.29 is 4.79 Å². The van der Waals surface area contributed by atoms with E-state index in [1.807, 2.05) is 49.4 Å². The summed E-state index contributed by atoms with van der Waals surface area (Å²) in [5, 5.41) is 10.9. The number of alkyl halides is 2. The summed E-state index contributed by atoms with van der Waals surface area (Å²) in [6.45, 7) is 4.17. The zero-order valence-electron chi connectivity index (χ0n) is 29.6. The van der Waals surface area contributed by atoms with Gasteiger partial charge in [0.1, 0.15) is 0 Å². The van der Waals surface area contributed by atoms with Crippen LogP contribution in [0.1, 0.15) is 11.1 Å². The number of carbonyl (C=O) groups excluding carboxylic acids is 1. The van der Waals surface area contributed by atoms with Crippen molar-refractivity contribution in [2.45, 2.75) is 13.8 Å². The number of para-hydroxylation sites is 2. The van der Waals surface area contributed by atoms with E-state index < -0.39 is 0 Å². The molecule has 0 spiro atoms. The fraction of sp³-hybridized carbons (Fsp3) is 0.0638. The van der Waals surface area contributed by atoms with Crippen LogP contribution in [-0.4, -0.2) is 25.9 Å². The molecule has 0 aliphatic carbocycles. The lowest BCUT2D eigenvalue weighted by Crippen LogP contribution is -2.19. The van der Waals surface area contributed by atoms with Gasteiger partial charge < -0.3 is 10.3 Å². The number of aromatic nitrogens is 3. The van der Waals surface area contributed by atoms with Gasteiger partial charge in [-0.3, -0.25) is 0 Å². The second-order valence-electron chi connectivity index (χ2n) is 13.5. The third-order valence-electron chi connectivity index (χ3n) is 10.2. The van der Waals surface area contributed by atoms with Crippen LogP contribution in [0.15, 0.2) is 146 Å². The number of pyridine rings is 1. The number of H-pyrrole nitrogens is 1. The second kappa shape index (κ2) is 13.7. The van der Waals surface area contributed by atoms with E-state index in [-0.39, 0.29) is 11.4 Å². The number of nitrogens with one attached hydrogen (secondary N) is 2. The van der Waals surface area contributed by atoms with Crippen molar-refractivity contribution in [2.75, 3.05) is 10.7 Å². The summed E-state index contributed by atoms with van der Waals surface area (Å²) in [6.07, 6.45) is 0. The van der Waals surface area contributed by atoms with E-state index in [1.54, 1.807) is 4.57 Å². The van der Waals surface area contributed by atoms with Crippen LogP contribution in [0.5, 0.6) is 0 Å². The minimum absolute atomic E-state index is 0.194. The number of anilines is 1. The van der Waals surface area contributed by atoms with E-state index in [2.05, 4.69) is 120 Å². The quantitative estimate of drug-likeness (QED) is 0.177.